The van der Waals surface area contributed by atoms with Gasteiger partial charge in [0.1, 0.15) is 28.7 Å². The summed E-state index contributed by atoms with van der Waals surface area (Å²) in [6.45, 7) is 20.0. The van der Waals surface area contributed by atoms with Crippen LogP contribution >= 0.6 is 0 Å². The zero-order chi connectivity index (χ0) is 51.1. The van der Waals surface area contributed by atoms with Crippen molar-refractivity contribution in [2.75, 3.05) is 10.6 Å². The summed E-state index contributed by atoms with van der Waals surface area (Å²) >= 11 is 0. The Labute approximate surface area is 419 Å². The first-order chi connectivity index (χ1) is 33.6. The van der Waals surface area contributed by atoms with Crippen LogP contribution in [0.2, 0.25) is 0 Å². The molecule has 0 bridgehead atoms. The van der Waals surface area contributed by atoms with E-state index in [2.05, 4.69) is 76.9 Å². The summed E-state index contributed by atoms with van der Waals surface area (Å²) < 4.78 is 6.81. The van der Waals surface area contributed by atoms with Crippen molar-refractivity contribution in [1.29, 1.82) is 0 Å². The van der Waals surface area contributed by atoms with Crippen molar-refractivity contribution in [3.63, 3.8) is 0 Å². The largest absolute Gasteiger partial charge is 0.382 e. The average Bonchev–Trinajstić information content (AvgIpc) is 4.13. The second kappa shape index (κ2) is 26.5. The van der Waals surface area contributed by atoms with Gasteiger partial charge in [-0.2, -0.15) is 20.4 Å². The minimum Gasteiger partial charge on any atom is -0.382 e. The fourth-order valence-corrected chi connectivity index (χ4v) is 8.36. The summed E-state index contributed by atoms with van der Waals surface area (Å²) in [5.41, 5.74) is 12.8. The molecule has 0 radical (unpaired) electrons. The number of rotatable bonds is 5. The number of para-hydroxylation sites is 4. The van der Waals surface area contributed by atoms with Crippen LogP contribution in [-0.2, 0) is 47.9 Å². The topological polar surface area (TPSA) is 164 Å². The molecule has 0 saturated heterocycles. The molecule has 0 aliphatic carbocycles. The molecule has 6 heterocycles. The fraction of sp³-hybridized carbons (Fsp3) is 0.368. The van der Waals surface area contributed by atoms with Gasteiger partial charge in [-0.25, -0.2) is 4.68 Å². The van der Waals surface area contributed by atoms with E-state index in [0.717, 1.165) is 66.8 Å². The number of nitrogens with zero attached hydrogens (tertiary/aromatic N) is 8. The molecule has 2 aliphatic heterocycles. The summed E-state index contributed by atoms with van der Waals surface area (Å²) in [6, 6.07) is 28.9. The Bertz CT molecular complexity index is 2970. The first-order valence-electron chi connectivity index (χ1n) is 24.3. The van der Waals surface area contributed by atoms with E-state index < -0.39 is 0 Å². The molecule has 10 rings (SSSR count). The highest BCUT2D eigenvalue weighted by Gasteiger charge is 2.20. The molecule has 4 aromatic carbocycles. The summed E-state index contributed by atoms with van der Waals surface area (Å²) in [6.07, 6.45) is 10.0. The number of nitrogens with one attached hydrogen (secondary N) is 2. The quantitative estimate of drug-likeness (QED) is 0.170. The van der Waals surface area contributed by atoms with Crippen LogP contribution in [0.5, 0.6) is 0 Å². The van der Waals surface area contributed by atoms with Crippen LogP contribution in [0.15, 0.2) is 110 Å². The van der Waals surface area contributed by atoms with Crippen LogP contribution in [-0.4, -0.2) is 74.5 Å². The van der Waals surface area contributed by atoms with E-state index in [1.807, 2.05) is 124 Å². The lowest BCUT2D eigenvalue weighted by Crippen LogP contribution is -2.17. The number of Topliss-reactive ketones (excluding diaryl/α,β-unsaturated/α-hetero) is 3. The molecule has 0 fully saturated rings. The van der Waals surface area contributed by atoms with Crippen LogP contribution in [0, 0.1) is 13.8 Å². The third kappa shape index (κ3) is 14.5. The molecule has 376 valence electrons. The molecule has 71 heavy (non-hydrogen) atoms. The Morgan fingerprint density at radius 2 is 1.06 bits per heavy atom. The molecular formula is C57H74N10O4. The number of hydrogen-bond donors (Lipinski definition) is 2. The van der Waals surface area contributed by atoms with Crippen molar-refractivity contribution in [2.24, 2.45) is 14.1 Å². The van der Waals surface area contributed by atoms with Gasteiger partial charge in [0.15, 0.2) is 0 Å². The summed E-state index contributed by atoms with van der Waals surface area (Å²) in [4.78, 5) is 45.3. The number of carbonyl (C=O) groups excluding carboxylic acids is 4. The van der Waals surface area contributed by atoms with Crippen LogP contribution in [0.4, 0.5) is 11.4 Å². The maximum absolute atomic E-state index is 11.5. The van der Waals surface area contributed by atoms with E-state index >= 15 is 0 Å². The van der Waals surface area contributed by atoms with E-state index in [1.165, 1.54) is 22.7 Å². The van der Waals surface area contributed by atoms with Gasteiger partial charge in [0, 0.05) is 117 Å². The van der Waals surface area contributed by atoms with Gasteiger partial charge in [0.05, 0.1) is 23.4 Å². The van der Waals surface area contributed by atoms with Crippen molar-refractivity contribution in [3.8, 4) is 22.5 Å². The van der Waals surface area contributed by atoms with E-state index in [9.17, 15) is 19.2 Å². The minimum absolute atomic E-state index is 0. The number of hydrogen-bond acceptors (Lipinski definition) is 10. The normalized spacial score (nSPS) is 14.4. The molecule has 0 spiro atoms. The molecule has 2 N–H and O–H groups in total. The first kappa shape index (κ1) is 56.1. The van der Waals surface area contributed by atoms with Gasteiger partial charge in [-0.1, -0.05) is 108 Å². The fourth-order valence-electron chi connectivity index (χ4n) is 8.36. The molecule has 8 aromatic rings. The Kier molecular flexibility index (Phi) is 20.9. The van der Waals surface area contributed by atoms with E-state index in [0.29, 0.717) is 50.2 Å². The predicted molar refractivity (Wildman–Crippen MR) is 290 cm³/mol. The predicted octanol–water partition coefficient (Wildman–Crippen LogP) is 11.8. The maximum atomic E-state index is 11.5. The smallest absolute Gasteiger partial charge is 0.243 e. The van der Waals surface area contributed by atoms with Crippen LogP contribution < -0.4 is 10.6 Å². The standard InChI is InChI=1S/C15H16N4O.C13H12N4O.2C12H15NO.2C2H6.CH4/c1-11(20)7-8-19-10-12(9-16-19)15-13-5-3-4-6-14(13)18(2)17-15;1-9(18)17-8-10(7-14-17)13-11-5-3-4-6-12(11)16(2)15-13;2*1-8-4-3-5-10-7-11(14)6-9(2)13-12(8)10;2*1-2;/h3-6,9-10H,7-8H2,1-2H3;3-8H,1-2H3;2*3-5,9,13H,6-7H2,1-2H3;2*1-2H3;1H4/t;;2*9-;;;/m..11.../s1. The minimum atomic E-state index is -0.110. The highest BCUT2D eigenvalue weighted by atomic mass is 16.2. The molecule has 0 unspecified atom stereocenters. The lowest BCUT2D eigenvalue weighted by molar-refractivity contribution is -0.119. The highest BCUT2D eigenvalue weighted by molar-refractivity contribution is 5.94. The second-order valence-electron chi connectivity index (χ2n) is 17.3. The first-order valence-corrected chi connectivity index (χ1v) is 24.3. The van der Waals surface area contributed by atoms with Crippen LogP contribution in [0.3, 0.4) is 0 Å². The van der Waals surface area contributed by atoms with Crippen molar-refractivity contribution in [3.05, 3.63) is 132 Å². The molecule has 0 saturated carbocycles. The van der Waals surface area contributed by atoms with Gasteiger partial charge < -0.3 is 10.6 Å². The summed E-state index contributed by atoms with van der Waals surface area (Å²) in [5, 5.41) is 26.3. The molecular weight excluding hydrogens is 889 g/mol. The molecule has 4 aromatic heterocycles. The number of benzene rings is 4. The molecule has 2 atom stereocenters. The SMILES string of the molecule is C.CC.CC.CC(=O)CCn1cc(-c2nn(C)c3ccccc23)cn1.CC(=O)n1cc(-c2nn(C)c3ccccc23)cn1.Cc1cccc2c1N[C@H](C)CC(=O)C2.Cc1cccc2c1N[C@H](C)CC(=O)C2. The number of fused-ring (bicyclic) bond motifs is 4. The van der Waals surface area contributed by atoms with Crippen molar-refractivity contribution >= 4 is 56.4 Å². The number of aromatic nitrogens is 8. The van der Waals surface area contributed by atoms with Gasteiger partial charge >= 0.3 is 0 Å². The second-order valence-corrected chi connectivity index (χ2v) is 17.3. The van der Waals surface area contributed by atoms with E-state index in [-0.39, 0.29) is 31.2 Å². The Morgan fingerprint density at radius 1 is 0.620 bits per heavy atom. The lowest BCUT2D eigenvalue weighted by atomic mass is 10.0. The van der Waals surface area contributed by atoms with Gasteiger partial charge in [-0.05, 0) is 69.0 Å². The van der Waals surface area contributed by atoms with Gasteiger partial charge in [-0.3, -0.25) is 33.2 Å². The molecule has 2 aliphatic rings. The number of ketones is 3. The Morgan fingerprint density at radius 3 is 1.49 bits per heavy atom. The zero-order valence-corrected chi connectivity index (χ0v) is 43.0. The average molecular weight is 963 g/mol. The number of carbonyl (C=O) groups is 4. The monoisotopic (exact) mass is 963 g/mol. The number of aryl methyl sites for hydroxylation is 5. The summed E-state index contributed by atoms with van der Waals surface area (Å²) in [7, 11) is 3.84. The Balaban J connectivity index is 0.000000202. The van der Waals surface area contributed by atoms with Gasteiger partial charge in [-0.15, -0.1) is 0 Å². The van der Waals surface area contributed by atoms with Gasteiger partial charge in [0.25, 0.3) is 0 Å². The van der Waals surface area contributed by atoms with Crippen molar-refractivity contribution in [2.45, 2.75) is 127 Å². The van der Waals surface area contributed by atoms with Crippen molar-refractivity contribution < 1.29 is 19.2 Å². The van der Waals surface area contributed by atoms with Crippen LogP contribution in [0.25, 0.3) is 44.3 Å². The molecule has 14 heteroatoms. The third-order valence-corrected chi connectivity index (χ3v) is 11.6. The third-order valence-electron chi connectivity index (χ3n) is 11.6. The van der Waals surface area contributed by atoms with E-state index in [4.69, 9.17) is 0 Å². The highest BCUT2D eigenvalue weighted by Crippen LogP contribution is 2.30. The van der Waals surface area contributed by atoms with E-state index in [1.54, 1.807) is 30.2 Å². The zero-order valence-electron chi connectivity index (χ0n) is 43.0. The summed E-state index contributed by atoms with van der Waals surface area (Å²) in [5.74, 6) is 0.718. The van der Waals surface area contributed by atoms with Crippen LogP contribution in [0.1, 0.15) is 109 Å². The van der Waals surface area contributed by atoms with Crippen molar-refractivity contribution in [1.82, 2.24) is 39.1 Å². The lowest BCUT2D eigenvalue weighted by Gasteiger charge is -2.14. The number of anilines is 2. The maximum Gasteiger partial charge on any atom is 0.243 e. The molecule has 14 nitrogen and oxygen atoms in total. The van der Waals surface area contributed by atoms with Gasteiger partial charge in [0.2, 0.25) is 5.91 Å². The molecule has 0 amide bonds. The Hall–Kier alpha value is -7.48.